The van der Waals surface area contributed by atoms with Gasteiger partial charge in [0.1, 0.15) is 5.82 Å². The summed E-state index contributed by atoms with van der Waals surface area (Å²) in [6, 6.07) is 8.20. The number of hydrogen-bond acceptors (Lipinski definition) is 5. The summed E-state index contributed by atoms with van der Waals surface area (Å²) >= 11 is 0. The zero-order valence-corrected chi connectivity index (χ0v) is 12.2. The van der Waals surface area contributed by atoms with Crippen molar-refractivity contribution in [3.05, 3.63) is 40.4 Å². The smallest absolute Gasteiger partial charge is 0.270 e. The number of pyridine rings is 1. The monoisotopic (exact) mass is 301 g/mol. The lowest BCUT2D eigenvalue weighted by Crippen LogP contribution is -2.26. The minimum atomic E-state index is -0.413. The second kappa shape index (κ2) is 6.27. The highest BCUT2D eigenvalue weighted by Crippen LogP contribution is 2.28. The van der Waals surface area contributed by atoms with Gasteiger partial charge in [-0.25, -0.2) is 4.98 Å². The Balaban J connectivity index is 1.69. The number of nitro benzene ring substituents is 1. The molecule has 1 aliphatic carbocycles. The van der Waals surface area contributed by atoms with Crippen molar-refractivity contribution in [2.75, 3.05) is 11.9 Å². The number of aliphatic hydroxyl groups excluding tert-OH is 1. The number of aliphatic hydroxyl groups is 1. The van der Waals surface area contributed by atoms with E-state index in [0.717, 1.165) is 18.2 Å². The second-order valence-corrected chi connectivity index (χ2v) is 5.82. The molecule has 6 heteroatoms. The Bertz CT molecular complexity index is 683. The van der Waals surface area contributed by atoms with E-state index in [1.807, 2.05) is 0 Å². The molecule has 116 valence electrons. The molecule has 1 heterocycles. The number of rotatable bonds is 5. The Kier molecular flexibility index (Phi) is 4.20. The number of anilines is 1. The van der Waals surface area contributed by atoms with Crippen LogP contribution in [0, 0.1) is 16.0 Å². The van der Waals surface area contributed by atoms with Crippen LogP contribution in [0.15, 0.2) is 30.3 Å². The van der Waals surface area contributed by atoms with Crippen LogP contribution in [0.5, 0.6) is 0 Å². The van der Waals surface area contributed by atoms with E-state index in [1.165, 1.54) is 25.0 Å². The number of aromatic nitrogens is 1. The predicted octanol–water partition coefficient (Wildman–Crippen LogP) is 3.11. The average molecular weight is 301 g/mol. The number of benzene rings is 1. The molecule has 0 amide bonds. The lowest BCUT2D eigenvalue weighted by atomic mass is 10.0. The summed E-state index contributed by atoms with van der Waals surface area (Å²) in [6.07, 6.45) is 4.25. The highest BCUT2D eigenvalue weighted by Gasteiger charge is 2.22. The van der Waals surface area contributed by atoms with Gasteiger partial charge in [-0.15, -0.1) is 0 Å². The molecular formula is C16H19N3O3. The molecule has 0 radical (unpaired) electrons. The molecule has 1 aromatic heterocycles. The number of hydrogen-bond donors (Lipinski definition) is 2. The topological polar surface area (TPSA) is 88.3 Å². The van der Waals surface area contributed by atoms with Crippen molar-refractivity contribution in [2.24, 2.45) is 5.92 Å². The summed E-state index contributed by atoms with van der Waals surface area (Å²) in [6.45, 7) is 0.482. The Morgan fingerprint density at radius 3 is 2.82 bits per heavy atom. The molecule has 2 N–H and O–H groups in total. The fourth-order valence-corrected chi connectivity index (χ4v) is 3.04. The van der Waals surface area contributed by atoms with Crippen LogP contribution >= 0.6 is 0 Å². The van der Waals surface area contributed by atoms with Gasteiger partial charge in [-0.2, -0.15) is 0 Å². The number of nitrogens with zero attached hydrogens (tertiary/aromatic N) is 2. The van der Waals surface area contributed by atoms with E-state index in [-0.39, 0.29) is 11.8 Å². The van der Waals surface area contributed by atoms with E-state index in [0.29, 0.717) is 23.8 Å². The first-order valence-electron chi connectivity index (χ1n) is 7.60. The maximum atomic E-state index is 10.8. The maximum Gasteiger partial charge on any atom is 0.270 e. The molecule has 1 aliphatic rings. The second-order valence-electron chi connectivity index (χ2n) is 5.82. The van der Waals surface area contributed by atoms with Gasteiger partial charge < -0.3 is 10.4 Å². The standard InChI is InChI=1S/C16H19N3O3/c20-15(11-3-1-2-4-11)10-17-16-8-5-12-9-13(19(21)22)6-7-14(12)18-16/h5-9,11,15,20H,1-4,10H2,(H,17,18). The summed E-state index contributed by atoms with van der Waals surface area (Å²) in [5.41, 5.74) is 0.762. The lowest BCUT2D eigenvalue weighted by Gasteiger charge is -2.18. The van der Waals surface area contributed by atoms with Crippen molar-refractivity contribution in [1.29, 1.82) is 0 Å². The van der Waals surface area contributed by atoms with Crippen molar-refractivity contribution < 1.29 is 10.0 Å². The molecule has 22 heavy (non-hydrogen) atoms. The summed E-state index contributed by atoms with van der Waals surface area (Å²) in [4.78, 5) is 14.8. The first kappa shape index (κ1) is 14.7. The summed E-state index contributed by atoms with van der Waals surface area (Å²) in [5, 5.41) is 24.8. The molecule has 1 aromatic carbocycles. The Labute approximate surface area is 128 Å². The largest absolute Gasteiger partial charge is 0.391 e. The maximum absolute atomic E-state index is 10.8. The third-order valence-corrected chi connectivity index (χ3v) is 4.32. The molecule has 0 spiro atoms. The number of nitro groups is 1. The molecule has 3 rings (SSSR count). The minimum Gasteiger partial charge on any atom is -0.391 e. The van der Waals surface area contributed by atoms with Gasteiger partial charge in [0.2, 0.25) is 0 Å². The molecular weight excluding hydrogens is 282 g/mol. The average Bonchev–Trinajstić information content (AvgIpc) is 3.06. The van der Waals surface area contributed by atoms with Gasteiger partial charge in [-0.3, -0.25) is 10.1 Å². The molecule has 1 unspecified atom stereocenters. The Morgan fingerprint density at radius 2 is 2.09 bits per heavy atom. The van der Waals surface area contributed by atoms with E-state index in [4.69, 9.17) is 0 Å². The normalized spacial score (nSPS) is 16.8. The quantitative estimate of drug-likeness (QED) is 0.654. The van der Waals surface area contributed by atoms with Gasteiger partial charge in [0.15, 0.2) is 0 Å². The predicted molar refractivity (Wildman–Crippen MR) is 84.9 cm³/mol. The third-order valence-electron chi connectivity index (χ3n) is 4.32. The van der Waals surface area contributed by atoms with E-state index >= 15 is 0 Å². The molecule has 0 saturated heterocycles. The number of fused-ring (bicyclic) bond motifs is 1. The molecule has 2 aromatic rings. The fraction of sp³-hybridized carbons (Fsp3) is 0.438. The SMILES string of the molecule is O=[N+]([O-])c1ccc2nc(NCC(O)C3CCCC3)ccc2c1. The Morgan fingerprint density at radius 1 is 1.32 bits per heavy atom. The van der Waals surface area contributed by atoms with Crippen molar-refractivity contribution in [3.8, 4) is 0 Å². The molecule has 1 saturated carbocycles. The highest BCUT2D eigenvalue weighted by atomic mass is 16.6. The number of non-ortho nitro benzene ring substituents is 1. The van der Waals surface area contributed by atoms with E-state index in [1.54, 1.807) is 18.2 Å². The zero-order valence-electron chi connectivity index (χ0n) is 12.2. The van der Waals surface area contributed by atoms with Gasteiger partial charge in [0.05, 0.1) is 16.5 Å². The summed E-state index contributed by atoms with van der Waals surface area (Å²) in [5.74, 6) is 1.06. The van der Waals surface area contributed by atoms with Crippen molar-refractivity contribution in [2.45, 2.75) is 31.8 Å². The van der Waals surface area contributed by atoms with Gasteiger partial charge in [0.25, 0.3) is 5.69 Å². The highest BCUT2D eigenvalue weighted by molar-refractivity contribution is 5.82. The fourth-order valence-electron chi connectivity index (χ4n) is 3.04. The van der Waals surface area contributed by atoms with Crippen LogP contribution in [-0.2, 0) is 0 Å². The molecule has 1 atom stereocenters. The van der Waals surface area contributed by atoms with Crippen LogP contribution in [0.25, 0.3) is 10.9 Å². The molecule has 0 bridgehead atoms. The van der Waals surface area contributed by atoms with Crippen LogP contribution in [0.3, 0.4) is 0 Å². The van der Waals surface area contributed by atoms with Gasteiger partial charge in [-0.05, 0) is 37.0 Å². The Hall–Kier alpha value is -2.21. The van der Waals surface area contributed by atoms with Crippen LogP contribution < -0.4 is 5.32 Å². The first-order valence-corrected chi connectivity index (χ1v) is 7.60. The van der Waals surface area contributed by atoms with Gasteiger partial charge in [-0.1, -0.05) is 12.8 Å². The molecule has 0 aliphatic heterocycles. The van der Waals surface area contributed by atoms with Crippen LogP contribution in [0.1, 0.15) is 25.7 Å². The van der Waals surface area contributed by atoms with Crippen LogP contribution in [0.4, 0.5) is 11.5 Å². The van der Waals surface area contributed by atoms with Crippen LogP contribution in [0.2, 0.25) is 0 Å². The minimum absolute atomic E-state index is 0.0617. The summed E-state index contributed by atoms with van der Waals surface area (Å²) < 4.78 is 0. The van der Waals surface area contributed by atoms with Gasteiger partial charge >= 0.3 is 0 Å². The summed E-state index contributed by atoms with van der Waals surface area (Å²) in [7, 11) is 0. The lowest BCUT2D eigenvalue weighted by molar-refractivity contribution is -0.384. The van der Waals surface area contributed by atoms with E-state index in [2.05, 4.69) is 10.3 Å². The zero-order chi connectivity index (χ0) is 15.5. The van der Waals surface area contributed by atoms with E-state index < -0.39 is 4.92 Å². The van der Waals surface area contributed by atoms with Crippen LogP contribution in [-0.4, -0.2) is 27.7 Å². The van der Waals surface area contributed by atoms with Crippen molar-refractivity contribution >= 4 is 22.4 Å². The van der Waals surface area contributed by atoms with Crippen molar-refractivity contribution in [3.63, 3.8) is 0 Å². The number of nitrogens with one attached hydrogen (secondary N) is 1. The first-order chi connectivity index (χ1) is 10.6. The molecule has 6 nitrogen and oxygen atoms in total. The van der Waals surface area contributed by atoms with Gasteiger partial charge in [0, 0.05) is 24.1 Å². The van der Waals surface area contributed by atoms with E-state index in [9.17, 15) is 15.2 Å². The third kappa shape index (κ3) is 3.17. The van der Waals surface area contributed by atoms with Crippen molar-refractivity contribution in [1.82, 2.24) is 4.98 Å². The molecule has 1 fully saturated rings.